The molecule has 0 amide bonds. The minimum atomic E-state index is -0.200. The second-order valence-electron chi connectivity index (χ2n) is 28.8. The lowest BCUT2D eigenvalue weighted by atomic mass is 9.33. The number of nitrogens with zero attached hydrogens (tertiary/aromatic N) is 4. The number of aromatic nitrogens is 1. The fraction of sp³-hybridized carbons (Fsp3) is 0.0870. The first-order valence-electron chi connectivity index (χ1n) is 34.2. The second kappa shape index (κ2) is 21.4. The molecule has 0 fully saturated rings. The first-order chi connectivity index (χ1) is 47.4. The van der Waals surface area contributed by atoms with Crippen LogP contribution in [0.4, 0.5) is 51.2 Å². The normalized spacial score (nSPS) is 13.0. The Labute approximate surface area is 566 Å². The monoisotopic (exact) mass is 1240 g/mol. The van der Waals surface area contributed by atoms with Crippen molar-refractivity contribution in [3.63, 3.8) is 0 Å². The van der Waals surface area contributed by atoms with E-state index in [9.17, 15) is 0 Å². The zero-order valence-electron chi connectivity index (χ0n) is 55.3. The quantitative estimate of drug-likeness (QED) is 0.117. The summed E-state index contributed by atoms with van der Waals surface area (Å²) in [6, 6.07) is 118. The van der Waals surface area contributed by atoms with Crippen LogP contribution in [0.5, 0.6) is 0 Å². The van der Waals surface area contributed by atoms with Crippen LogP contribution in [0.3, 0.4) is 0 Å². The zero-order chi connectivity index (χ0) is 65.0. The van der Waals surface area contributed by atoms with Gasteiger partial charge in [-0.05, 0) is 205 Å². The summed E-state index contributed by atoms with van der Waals surface area (Å²) in [4.78, 5) is 7.77. The summed E-state index contributed by atoms with van der Waals surface area (Å²) in [6.45, 7) is 13.6. The van der Waals surface area contributed by atoms with Gasteiger partial charge in [-0.2, -0.15) is 0 Å². The van der Waals surface area contributed by atoms with Crippen molar-refractivity contribution in [3.8, 4) is 16.8 Å². The van der Waals surface area contributed by atoms with E-state index in [4.69, 9.17) is 0 Å². The number of fused-ring (bicyclic) bond motifs is 19. The molecule has 1 aromatic heterocycles. The average molecular weight is 1240 g/mol. The Bertz CT molecular complexity index is 5930. The van der Waals surface area contributed by atoms with Crippen molar-refractivity contribution >= 4 is 161 Å². The first kappa shape index (κ1) is 56.8. The van der Waals surface area contributed by atoms with Gasteiger partial charge in [0.25, 0.3) is 6.71 Å². The molecule has 0 N–H and O–H groups in total. The van der Waals surface area contributed by atoms with Gasteiger partial charge in [0.1, 0.15) is 0 Å². The van der Waals surface area contributed by atoms with Gasteiger partial charge in [0.2, 0.25) is 0 Å². The molecule has 0 atom stereocenters. The summed E-state index contributed by atoms with van der Waals surface area (Å²) in [6.07, 6.45) is 0. The summed E-state index contributed by atoms with van der Waals surface area (Å²) in [7, 11) is 0. The van der Waals surface area contributed by atoms with Gasteiger partial charge in [-0.25, -0.2) is 0 Å². The molecule has 0 saturated carbocycles. The highest BCUT2D eigenvalue weighted by atomic mass is 15.2. The van der Waals surface area contributed by atoms with Crippen molar-refractivity contribution in [2.75, 3.05) is 14.7 Å². The van der Waals surface area contributed by atoms with Gasteiger partial charge >= 0.3 is 0 Å². The van der Waals surface area contributed by atoms with E-state index < -0.39 is 0 Å². The van der Waals surface area contributed by atoms with Gasteiger partial charge in [0.05, 0.1) is 16.7 Å². The van der Waals surface area contributed by atoms with E-state index in [1.807, 2.05) is 0 Å². The maximum Gasteiger partial charge on any atom is 0.252 e. The minimum Gasteiger partial charge on any atom is -0.311 e. The van der Waals surface area contributed by atoms with Crippen molar-refractivity contribution < 1.29 is 0 Å². The number of rotatable bonds is 7. The molecule has 0 bridgehead atoms. The molecule has 0 radical (unpaired) electrons. The molecule has 97 heavy (non-hydrogen) atoms. The molecule has 4 nitrogen and oxygen atoms in total. The van der Waals surface area contributed by atoms with E-state index >= 15 is 0 Å². The molecule has 0 aliphatic carbocycles. The van der Waals surface area contributed by atoms with Crippen molar-refractivity contribution in [2.45, 2.75) is 52.4 Å². The predicted molar refractivity (Wildman–Crippen MR) is 417 cm³/mol. The van der Waals surface area contributed by atoms with E-state index in [1.54, 1.807) is 0 Å². The molecule has 17 aromatic rings. The Hall–Kier alpha value is -11.7. The van der Waals surface area contributed by atoms with Gasteiger partial charge in [-0.1, -0.05) is 260 Å². The molecule has 2 aliphatic heterocycles. The molecule has 0 saturated heterocycles. The van der Waals surface area contributed by atoms with Gasteiger partial charge in [0, 0.05) is 62.0 Å². The molecule has 19 rings (SSSR count). The van der Waals surface area contributed by atoms with Crippen molar-refractivity contribution in [1.29, 1.82) is 0 Å². The predicted octanol–water partition coefficient (Wildman–Crippen LogP) is 23.5. The van der Waals surface area contributed by atoms with E-state index in [1.165, 1.54) is 125 Å². The Morgan fingerprint density at radius 2 is 0.649 bits per heavy atom. The molecule has 16 aromatic carbocycles. The summed E-state index contributed by atoms with van der Waals surface area (Å²) >= 11 is 0. The topological polar surface area (TPSA) is 14.7 Å². The van der Waals surface area contributed by atoms with Gasteiger partial charge < -0.3 is 19.3 Å². The summed E-state index contributed by atoms with van der Waals surface area (Å²) in [5.41, 5.74) is 22.0. The third-order valence-electron chi connectivity index (χ3n) is 21.2. The summed E-state index contributed by atoms with van der Waals surface area (Å²) in [5.74, 6) is 0. The van der Waals surface area contributed by atoms with Crippen LogP contribution in [0, 0.1) is 0 Å². The standard InChI is InChI=1S/C92H69BN4/c1-91(2,3)60-37-41-62(42-38-60)94(63-43-39-61(40-44-63)92(4,5)6)67-56-88-90-89(57-67)97(65-46-49-77-73-29-13-11-25-69(73)71-27-15-17-31-75(71)81(77)54-65)87-55-66(95-84-34-20-18-32-78(84)79-33-19-21-35-85(79)95)47-50-82(87)93(90)83-52-59(58-22-8-7-9-23-58)36-51-86(83)96(88)64-45-48-76-72-28-12-10-24-68(72)70-26-14-16-30-74(70)80(76)53-64/h7-57H,1-6H3. The van der Waals surface area contributed by atoms with Crippen LogP contribution in [0.25, 0.3) is 103 Å². The lowest BCUT2D eigenvalue weighted by molar-refractivity contribution is 0.590. The second-order valence-corrected chi connectivity index (χ2v) is 28.8. The van der Waals surface area contributed by atoms with Gasteiger partial charge in [0.15, 0.2) is 0 Å². The largest absolute Gasteiger partial charge is 0.311 e. The number of hydrogen-bond donors (Lipinski definition) is 0. The van der Waals surface area contributed by atoms with Crippen molar-refractivity contribution in [3.05, 3.63) is 321 Å². The van der Waals surface area contributed by atoms with Crippen LogP contribution in [-0.4, -0.2) is 11.3 Å². The lowest BCUT2D eigenvalue weighted by Crippen LogP contribution is -2.61. The highest BCUT2D eigenvalue weighted by molar-refractivity contribution is 7.00. The van der Waals surface area contributed by atoms with Crippen LogP contribution in [0.1, 0.15) is 52.7 Å². The third-order valence-corrected chi connectivity index (χ3v) is 21.2. The molecule has 0 unspecified atom stereocenters. The van der Waals surface area contributed by atoms with Crippen LogP contribution in [0.2, 0.25) is 0 Å². The van der Waals surface area contributed by atoms with E-state index in [2.05, 4.69) is 370 Å². The molecule has 460 valence electrons. The molecule has 2 aliphatic rings. The summed E-state index contributed by atoms with van der Waals surface area (Å²) in [5, 5.41) is 17.4. The van der Waals surface area contributed by atoms with Crippen molar-refractivity contribution in [1.82, 2.24) is 4.57 Å². The smallest absolute Gasteiger partial charge is 0.252 e. The molecule has 3 heterocycles. The van der Waals surface area contributed by atoms with Crippen LogP contribution >= 0.6 is 0 Å². The number of hydrogen-bond acceptors (Lipinski definition) is 3. The fourth-order valence-electron chi connectivity index (χ4n) is 16.5. The first-order valence-corrected chi connectivity index (χ1v) is 34.2. The Morgan fingerprint density at radius 3 is 1.10 bits per heavy atom. The Morgan fingerprint density at radius 1 is 0.258 bits per heavy atom. The van der Waals surface area contributed by atoms with E-state index in [0.717, 1.165) is 56.9 Å². The van der Waals surface area contributed by atoms with Gasteiger partial charge in [-0.15, -0.1) is 0 Å². The number of benzene rings is 16. The van der Waals surface area contributed by atoms with Gasteiger partial charge in [-0.3, -0.25) is 0 Å². The Balaban J connectivity index is 0.965. The maximum absolute atomic E-state index is 2.64. The van der Waals surface area contributed by atoms with Crippen molar-refractivity contribution in [2.24, 2.45) is 0 Å². The zero-order valence-corrected chi connectivity index (χ0v) is 55.3. The highest BCUT2D eigenvalue weighted by Gasteiger charge is 2.45. The average Bonchev–Trinajstić information content (AvgIpc) is 0.902. The minimum absolute atomic E-state index is 0.0438. The molecule has 0 spiro atoms. The molecular weight excluding hydrogens is 1170 g/mol. The van der Waals surface area contributed by atoms with Crippen LogP contribution in [0.15, 0.2) is 309 Å². The fourth-order valence-corrected chi connectivity index (χ4v) is 16.5. The van der Waals surface area contributed by atoms with Crippen LogP contribution < -0.4 is 31.1 Å². The SMILES string of the molecule is CC(C)(C)c1ccc(N(c2ccc(C(C)(C)C)cc2)c2cc3c4c(c2)N(c2ccc5c6ccccc6c6ccccc6c5c2)c2cc(-n5c6ccccc6c6ccccc65)ccc2B4c2cc(-c4ccccc4)ccc2N3c2ccc3c4ccccc4c4ccccc4c3c2)cc1. The lowest BCUT2D eigenvalue weighted by Gasteiger charge is -2.45. The molecular formula is C92H69BN4. The van der Waals surface area contributed by atoms with E-state index in [0.29, 0.717) is 0 Å². The van der Waals surface area contributed by atoms with Crippen LogP contribution in [-0.2, 0) is 10.8 Å². The third kappa shape index (κ3) is 8.84. The highest BCUT2D eigenvalue weighted by Crippen LogP contribution is 2.52. The summed E-state index contributed by atoms with van der Waals surface area (Å²) < 4.78 is 2.49. The number of anilines is 9. The molecule has 5 heteroatoms. The Kier molecular flexibility index (Phi) is 12.6. The van der Waals surface area contributed by atoms with E-state index in [-0.39, 0.29) is 17.5 Å². The maximum atomic E-state index is 2.64. The number of para-hydroxylation sites is 2.